The molecule has 1 aromatic heterocycles. The van der Waals surface area contributed by atoms with E-state index in [-0.39, 0.29) is 5.69 Å². The van der Waals surface area contributed by atoms with Gasteiger partial charge in [0, 0.05) is 5.56 Å². The predicted molar refractivity (Wildman–Crippen MR) is 104 cm³/mol. The molecule has 126 valence electrons. The first-order valence-electron chi connectivity index (χ1n) is 8.43. The lowest BCUT2D eigenvalue weighted by atomic mass is 9.90. The van der Waals surface area contributed by atoms with Crippen LogP contribution in [0.3, 0.4) is 0 Å². The third-order valence-electron chi connectivity index (χ3n) is 4.57. The van der Waals surface area contributed by atoms with Crippen LogP contribution in [0.1, 0.15) is 16.1 Å². The van der Waals surface area contributed by atoms with Crippen molar-refractivity contribution < 1.29 is 9.90 Å². The van der Waals surface area contributed by atoms with Gasteiger partial charge in [-0.15, -0.1) is 0 Å². The minimum absolute atomic E-state index is 0.0533. The van der Waals surface area contributed by atoms with Crippen molar-refractivity contribution in [3.63, 3.8) is 0 Å². The van der Waals surface area contributed by atoms with E-state index < -0.39 is 5.97 Å². The Labute approximate surface area is 151 Å². The lowest BCUT2D eigenvalue weighted by Crippen LogP contribution is -2.03. The summed E-state index contributed by atoms with van der Waals surface area (Å²) in [7, 11) is 0. The van der Waals surface area contributed by atoms with Gasteiger partial charge in [0.15, 0.2) is 0 Å². The highest BCUT2D eigenvalue weighted by Gasteiger charge is 2.17. The zero-order valence-corrected chi connectivity index (χ0v) is 14.3. The fourth-order valence-corrected chi connectivity index (χ4v) is 3.29. The van der Waals surface area contributed by atoms with Crippen molar-refractivity contribution >= 4 is 16.7 Å². The van der Waals surface area contributed by atoms with Crippen LogP contribution in [0.5, 0.6) is 0 Å². The fourth-order valence-electron chi connectivity index (χ4n) is 3.29. The third-order valence-corrected chi connectivity index (χ3v) is 4.57. The monoisotopic (exact) mass is 339 g/mol. The average molecular weight is 339 g/mol. The van der Waals surface area contributed by atoms with Gasteiger partial charge in [0.05, 0.1) is 5.69 Å². The van der Waals surface area contributed by atoms with E-state index in [0.29, 0.717) is 5.69 Å². The van der Waals surface area contributed by atoms with E-state index in [0.717, 1.165) is 33.0 Å². The van der Waals surface area contributed by atoms with E-state index in [1.165, 1.54) is 0 Å². The summed E-state index contributed by atoms with van der Waals surface area (Å²) in [5.41, 5.74) is 4.80. The summed E-state index contributed by atoms with van der Waals surface area (Å²) >= 11 is 0. The van der Waals surface area contributed by atoms with Crippen molar-refractivity contribution in [2.75, 3.05) is 0 Å². The molecule has 3 aromatic carbocycles. The van der Waals surface area contributed by atoms with E-state index in [1.807, 2.05) is 43.3 Å². The lowest BCUT2D eigenvalue weighted by molar-refractivity contribution is 0.0690. The molecule has 0 saturated heterocycles. The van der Waals surface area contributed by atoms with E-state index >= 15 is 0 Å². The molecule has 0 amide bonds. The summed E-state index contributed by atoms with van der Waals surface area (Å²) in [5, 5.41) is 11.5. The molecule has 0 spiro atoms. The van der Waals surface area contributed by atoms with Crippen LogP contribution in [0.25, 0.3) is 33.2 Å². The van der Waals surface area contributed by atoms with E-state index in [9.17, 15) is 9.90 Å². The molecule has 0 radical (unpaired) electrons. The Morgan fingerprint density at radius 2 is 1.58 bits per heavy atom. The maximum atomic E-state index is 11.5. The lowest BCUT2D eigenvalue weighted by Gasteiger charge is -2.15. The first-order chi connectivity index (χ1) is 12.6. The highest BCUT2D eigenvalue weighted by Crippen LogP contribution is 2.38. The van der Waals surface area contributed by atoms with Gasteiger partial charge in [-0.1, -0.05) is 72.8 Å². The number of fused-ring (bicyclic) bond motifs is 1. The highest BCUT2D eigenvalue weighted by atomic mass is 16.4. The Bertz CT molecular complexity index is 1120. The van der Waals surface area contributed by atoms with E-state index in [2.05, 4.69) is 41.4 Å². The summed E-state index contributed by atoms with van der Waals surface area (Å²) in [6.45, 7) is 1.96. The van der Waals surface area contributed by atoms with Gasteiger partial charge < -0.3 is 5.11 Å². The highest BCUT2D eigenvalue weighted by molar-refractivity contribution is 6.04. The van der Waals surface area contributed by atoms with Crippen molar-refractivity contribution in [2.45, 2.75) is 6.92 Å². The van der Waals surface area contributed by atoms with Crippen molar-refractivity contribution in [3.05, 3.63) is 90.1 Å². The molecule has 0 bridgehead atoms. The topological polar surface area (TPSA) is 50.2 Å². The number of aryl methyl sites for hydroxylation is 1. The van der Waals surface area contributed by atoms with Crippen LogP contribution in [0.4, 0.5) is 0 Å². The van der Waals surface area contributed by atoms with Crippen LogP contribution in [0, 0.1) is 6.92 Å². The van der Waals surface area contributed by atoms with Crippen LogP contribution >= 0.6 is 0 Å². The summed E-state index contributed by atoms with van der Waals surface area (Å²) in [6.07, 6.45) is 0. The number of carboxylic acid groups (broad SMARTS) is 1. The number of hydrogen-bond donors (Lipinski definition) is 1. The quantitative estimate of drug-likeness (QED) is 0.530. The van der Waals surface area contributed by atoms with Crippen LogP contribution in [0.15, 0.2) is 78.9 Å². The van der Waals surface area contributed by atoms with Gasteiger partial charge in [-0.3, -0.25) is 0 Å². The number of carboxylic acids is 1. The zero-order valence-electron chi connectivity index (χ0n) is 14.3. The minimum Gasteiger partial charge on any atom is -0.477 e. The molecule has 3 heteroatoms. The summed E-state index contributed by atoms with van der Waals surface area (Å²) < 4.78 is 0. The predicted octanol–water partition coefficient (Wildman–Crippen LogP) is 5.58. The number of pyridine rings is 1. The van der Waals surface area contributed by atoms with Crippen molar-refractivity contribution in [3.8, 4) is 22.4 Å². The van der Waals surface area contributed by atoms with Crippen LogP contribution < -0.4 is 0 Å². The standard InChI is InChI=1S/C23H17NO2/c1-15-11-14-20(23(25)26)24-22(15)21-18-10-6-5-9-17(18)12-13-19(21)16-7-3-2-4-8-16/h2-14H,1H3,(H,25,26). The maximum absolute atomic E-state index is 11.5. The molecule has 0 aliphatic rings. The number of aromatic carboxylic acids is 1. The summed E-state index contributed by atoms with van der Waals surface area (Å²) in [5.74, 6) is -1.02. The largest absolute Gasteiger partial charge is 0.477 e. The SMILES string of the molecule is Cc1ccc(C(=O)O)nc1-c1c(-c2ccccc2)ccc2ccccc12. The van der Waals surface area contributed by atoms with Crippen molar-refractivity contribution in [1.82, 2.24) is 4.98 Å². The van der Waals surface area contributed by atoms with Gasteiger partial charge in [-0.25, -0.2) is 9.78 Å². The second-order valence-corrected chi connectivity index (χ2v) is 6.24. The fraction of sp³-hybridized carbons (Fsp3) is 0.0435. The van der Waals surface area contributed by atoms with Gasteiger partial charge in [-0.2, -0.15) is 0 Å². The molecule has 0 aliphatic heterocycles. The Morgan fingerprint density at radius 1 is 0.846 bits per heavy atom. The molecule has 1 heterocycles. The Morgan fingerprint density at radius 3 is 2.35 bits per heavy atom. The molecule has 0 fully saturated rings. The van der Waals surface area contributed by atoms with Crippen LogP contribution in [-0.2, 0) is 0 Å². The van der Waals surface area contributed by atoms with Crippen molar-refractivity contribution in [2.24, 2.45) is 0 Å². The molecule has 0 unspecified atom stereocenters. The molecule has 0 aliphatic carbocycles. The normalized spacial score (nSPS) is 10.8. The third kappa shape index (κ3) is 2.74. The summed E-state index contributed by atoms with van der Waals surface area (Å²) in [6, 6.07) is 25.8. The van der Waals surface area contributed by atoms with Gasteiger partial charge in [0.2, 0.25) is 0 Å². The molecule has 4 aromatic rings. The minimum atomic E-state index is -1.02. The van der Waals surface area contributed by atoms with Crippen LogP contribution in [-0.4, -0.2) is 16.1 Å². The Hall–Kier alpha value is -3.46. The Balaban J connectivity index is 2.11. The summed E-state index contributed by atoms with van der Waals surface area (Å²) in [4.78, 5) is 15.9. The number of rotatable bonds is 3. The zero-order chi connectivity index (χ0) is 18.1. The molecule has 4 rings (SSSR count). The molecular formula is C23H17NO2. The second kappa shape index (κ2) is 6.45. The number of hydrogen-bond acceptors (Lipinski definition) is 2. The smallest absolute Gasteiger partial charge is 0.354 e. The molecule has 3 nitrogen and oxygen atoms in total. The molecule has 0 atom stereocenters. The maximum Gasteiger partial charge on any atom is 0.354 e. The molecule has 0 saturated carbocycles. The number of aromatic nitrogens is 1. The van der Waals surface area contributed by atoms with Crippen molar-refractivity contribution in [1.29, 1.82) is 0 Å². The number of carbonyl (C=O) groups is 1. The molecule has 26 heavy (non-hydrogen) atoms. The van der Waals surface area contributed by atoms with Gasteiger partial charge in [0.1, 0.15) is 5.69 Å². The molecular weight excluding hydrogens is 322 g/mol. The second-order valence-electron chi connectivity index (χ2n) is 6.24. The van der Waals surface area contributed by atoms with E-state index in [1.54, 1.807) is 6.07 Å². The van der Waals surface area contributed by atoms with Gasteiger partial charge in [-0.05, 0) is 40.5 Å². The Kier molecular flexibility index (Phi) is 3.98. The van der Waals surface area contributed by atoms with E-state index in [4.69, 9.17) is 0 Å². The average Bonchev–Trinajstić information content (AvgIpc) is 2.68. The first kappa shape index (κ1) is 16.0. The first-order valence-corrected chi connectivity index (χ1v) is 8.43. The number of benzene rings is 3. The van der Waals surface area contributed by atoms with Gasteiger partial charge in [0.25, 0.3) is 0 Å². The number of nitrogens with zero attached hydrogens (tertiary/aromatic N) is 1. The van der Waals surface area contributed by atoms with Gasteiger partial charge >= 0.3 is 5.97 Å². The van der Waals surface area contributed by atoms with Crippen LogP contribution in [0.2, 0.25) is 0 Å². The molecule has 1 N–H and O–H groups in total.